The van der Waals surface area contributed by atoms with Gasteiger partial charge in [-0.2, -0.15) is 0 Å². The molecule has 4 fully saturated rings. The van der Waals surface area contributed by atoms with Crippen LogP contribution in [0.2, 0.25) is 0 Å². The Balaban J connectivity index is 1.13. The predicted octanol–water partition coefficient (Wildman–Crippen LogP) is 2.96. The first-order valence-electron chi connectivity index (χ1n) is 12.3. The first-order chi connectivity index (χ1) is 16.1. The van der Waals surface area contributed by atoms with Crippen molar-refractivity contribution in [2.45, 2.75) is 57.3 Å². The smallest absolute Gasteiger partial charge is 0.421 e. The quantitative estimate of drug-likeness (QED) is 0.370. The molecule has 1 amide bonds. The maximum Gasteiger partial charge on any atom is 0.421 e. The molecule has 3 saturated heterocycles. The highest BCUT2D eigenvalue weighted by Crippen LogP contribution is 2.51. The van der Waals surface area contributed by atoms with Crippen LogP contribution < -0.4 is 4.74 Å². The Morgan fingerprint density at radius 2 is 1.67 bits per heavy atom. The van der Waals surface area contributed by atoms with Gasteiger partial charge in [-0.05, 0) is 62.3 Å². The molecule has 1 aromatic rings. The van der Waals surface area contributed by atoms with Gasteiger partial charge in [0.05, 0.1) is 12.5 Å². The number of amides is 1. The normalized spacial score (nSPS) is 26.7. The van der Waals surface area contributed by atoms with Gasteiger partial charge >= 0.3 is 17.8 Å². The molecule has 1 spiro atoms. The van der Waals surface area contributed by atoms with E-state index in [2.05, 4.69) is 0 Å². The van der Waals surface area contributed by atoms with E-state index in [9.17, 15) is 14.4 Å². The average Bonchev–Trinajstić information content (AvgIpc) is 3.39. The number of likely N-dealkylation sites (tertiary alicyclic amines) is 2. The Bertz CT molecular complexity index is 877. The van der Waals surface area contributed by atoms with Gasteiger partial charge < -0.3 is 19.1 Å². The van der Waals surface area contributed by atoms with Gasteiger partial charge in [0.25, 0.3) is 5.91 Å². The maximum atomic E-state index is 12.7. The van der Waals surface area contributed by atoms with Crippen LogP contribution >= 0.6 is 0 Å². The first kappa shape index (κ1) is 22.2. The minimum atomic E-state index is -1.22. The molecule has 2 unspecified atom stereocenters. The molecule has 3 aliphatic heterocycles. The second kappa shape index (κ2) is 9.33. The number of ether oxygens (including phenoxy) is 3. The monoisotopic (exact) mass is 456 g/mol. The lowest BCUT2D eigenvalue weighted by molar-refractivity contribution is -0.256. The molecule has 33 heavy (non-hydrogen) atoms. The fraction of sp³-hybridized carbons (Fsp3) is 0.640. The van der Waals surface area contributed by atoms with E-state index in [4.69, 9.17) is 14.2 Å². The second-order valence-corrected chi connectivity index (χ2v) is 9.59. The third kappa shape index (κ3) is 4.33. The van der Waals surface area contributed by atoms with Gasteiger partial charge in [0, 0.05) is 31.7 Å². The lowest BCUT2D eigenvalue weighted by Gasteiger charge is -2.34. The minimum absolute atomic E-state index is 0.0584. The molecule has 3 heterocycles. The predicted molar refractivity (Wildman–Crippen MR) is 118 cm³/mol. The van der Waals surface area contributed by atoms with E-state index in [1.54, 1.807) is 0 Å². The van der Waals surface area contributed by atoms with Crippen LogP contribution in [-0.2, 0) is 19.1 Å². The Kier molecular flexibility index (Phi) is 6.27. The average molecular weight is 457 g/mol. The summed E-state index contributed by atoms with van der Waals surface area (Å²) < 4.78 is 16.9. The van der Waals surface area contributed by atoms with Crippen LogP contribution in [0, 0.1) is 11.8 Å². The zero-order valence-electron chi connectivity index (χ0n) is 19.0. The van der Waals surface area contributed by atoms with Crippen molar-refractivity contribution in [3.05, 3.63) is 29.8 Å². The van der Waals surface area contributed by atoms with Gasteiger partial charge in [-0.25, -0.2) is 14.5 Å². The molecule has 1 aromatic carbocycles. The highest BCUT2D eigenvalue weighted by molar-refractivity contribution is 6.31. The van der Waals surface area contributed by atoms with Crippen molar-refractivity contribution in [1.29, 1.82) is 0 Å². The summed E-state index contributed by atoms with van der Waals surface area (Å²) in [5, 5.41) is 0. The summed E-state index contributed by atoms with van der Waals surface area (Å²) in [6, 6.07) is 7.34. The SMILES string of the molecule is O=C1OC2(OC1=O)C1CCCC1CN2CCCOc1ccc(C(=O)N2CCCCCC2)cc1. The van der Waals surface area contributed by atoms with E-state index in [-0.39, 0.29) is 11.8 Å². The summed E-state index contributed by atoms with van der Waals surface area (Å²) in [5.41, 5.74) is 0.694. The van der Waals surface area contributed by atoms with Crippen molar-refractivity contribution in [3.63, 3.8) is 0 Å². The molecule has 0 bridgehead atoms. The first-order valence-corrected chi connectivity index (χ1v) is 12.3. The Labute approximate surface area is 194 Å². The number of carbonyl (C=O) groups is 3. The Hall–Kier alpha value is -2.61. The van der Waals surface area contributed by atoms with Crippen molar-refractivity contribution >= 4 is 17.8 Å². The van der Waals surface area contributed by atoms with Gasteiger partial charge in [-0.3, -0.25) is 4.79 Å². The van der Waals surface area contributed by atoms with E-state index in [1.165, 1.54) is 12.8 Å². The molecule has 0 radical (unpaired) electrons. The van der Waals surface area contributed by atoms with E-state index in [1.807, 2.05) is 34.1 Å². The van der Waals surface area contributed by atoms with Crippen LogP contribution in [0.4, 0.5) is 0 Å². The largest absolute Gasteiger partial charge is 0.494 e. The van der Waals surface area contributed by atoms with Crippen LogP contribution in [0.3, 0.4) is 0 Å². The molecule has 4 aliphatic rings. The zero-order valence-corrected chi connectivity index (χ0v) is 19.0. The number of carbonyl (C=O) groups excluding carboxylic acids is 3. The van der Waals surface area contributed by atoms with Crippen molar-refractivity contribution in [2.24, 2.45) is 11.8 Å². The van der Waals surface area contributed by atoms with Gasteiger partial charge in [0.1, 0.15) is 5.75 Å². The third-order valence-electron chi connectivity index (χ3n) is 7.50. The van der Waals surface area contributed by atoms with Crippen LogP contribution in [0.25, 0.3) is 0 Å². The topological polar surface area (TPSA) is 85.4 Å². The summed E-state index contributed by atoms with van der Waals surface area (Å²) >= 11 is 0. The molecule has 178 valence electrons. The molecule has 2 atom stereocenters. The molecule has 1 aliphatic carbocycles. The van der Waals surface area contributed by atoms with Crippen LogP contribution in [0.5, 0.6) is 5.75 Å². The molecular formula is C25H32N2O6. The molecule has 5 rings (SSSR count). The maximum absolute atomic E-state index is 12.7. The lowest BCUT2D eigenvalue weighted by Crippen LogP contribution is -2.50. The summed E-state index contributed by atoms with van der Waals surface area (Å²) in [7, 11) is 0. The number of fused-ring (bicyclic) bond motifs is 2. The van der Waals surface area contributed by atoms with Crippen LogP contribution in [-0.4, -0.2) is 66.3 Å². The van der Waals surface area contributed by atoms with Crippen molar-refractivity contribution in [1.82, 2.24) is 9.80 Å². The van der Waals surface area contributed by atoms with Crippen LogP contribution in [0.15, 0.2) is 24.3 Å². The second-order valence-electron chi connectivity index (χ2n) is 9.59. The fourth-order valence-electron chi connectivity index (χ4n) is 5.87. The lowest BCUT2D eigenvalue weighted by atomic mass is 9.97. The standard InChI is InChI=1S/C25H32N2O6/c28-22(26-13-3-1-2-4-14-26)18-9-11-20(12-10-18)31-16-6-15-27-17-19-7-5-8-21(19)25(27)32-23(29)24(30)33-25/h9-12,19,21H,1-8,13-17H2. The highest BCUT2D eigenvalue weighted by Gasteiger charge is 2.65. The summed E-state index contributed by atoms with van der Waals surface area (Å²) in [4.78, 5) is 40.3. The number of hydrogen-bond acceptors (Lipinski definition) is 7. The van der Waals surface area contributed by atoms with Gasteiger partial charge in [-0.15, -0.1) is 0 Å². The van der Waals surface area contributed by atoms with E-state index in [0.717, 1.165) is 51.7 Å². The van der Waals surface area contributed by atoms with Crippen molar-refractivity contribution in [2.75, 3.05) is 32.8 Å². The van der Waals surface area contributed by atoms with Gasteiger partial charge in [-0.1, -0.05) is 19.3 Å². The molecule has 0 aromatic heterocycles. The van der Waals surface area contributed by atoms with E-state index in [0.29, 0.717) is 36.8 Å². The number of nitrogens with zero attached hydrogens (tertiary/aromatic N) is 2. The van der Waals surface area contributed by atoms with Gasteiger partial charge in [0.15, 0.2) is 0 Å². The fourth-order valence-corrected chi connectivity index (χ4v) is 5.87. The Morgan fingerprint density at radius 1 is 0.970 bits per heavy atom. The minimum Gasteiger partial charge on any atom is -0.494 e. The number of benzene rings is 1. The molecule has 0 N–H and O–H groups in total. The molecular weight excluding hydrogens is 424 g/mol. The molecule has 8 nitrogen and oxygen atoms in total. The highest BCUT2D eigenvalue weighted by atomic mass is 16.8. The van der Waals surface area contributed by atoms with Crippen LogP contribution in [0.1, 0.15) is 61.7 Å². The summed E-state index contributed by atoms with van der Waals surface area (Å²) in [6.07, 6.45) is 8.28. The summed E-state index contributed by atoms with van der Waals surface area (Å²) in [6.45, 7) is 3.52. The van der Waals surface area contributed by atoms with Crippen molar-refractivity contribution in [3.8, 4) is 5.75 Å². The third-order valence-corrected chi connectivity index (χ3v) is 7.50. The number of hydrogen-bond donors (Lipinski definition) is 0. The number of esters is 2. The summed E-state index contributed by atoms with van der Waals surface area (Å²) in [5.74, 6) is -1.74. The van der Waals surface area contributed by atoms with Gasteiger partial charge in [0.2, 0.25) is 0 Å². The van der Waals surface area contributed by atoms with E-state index >= 15 is 0 Å². The number of rotatable bonds is 6. The molecule has 8 heteroatoms. The van der Waals surface area contributed by atoms with Crippen molar-refractivity contribution < 1.29 is 28.6 Å². The zero-order chi connectivity index (χ0) is 22.8. The van der Waals surface area contributed by atoms with E-state index < -0.39 is 17.8 Å². The molecule has 1 saturated carbocycles. The Morgan fingerprint density at radius 3 is 2.36 bits per heavy atom.